The molecule has 0 aromatic heterocycles. The fourth-order valence-corrected chi connectivity index (χ4v) is 1.94. The van der Waals surface area contributed by atoms with Crippen molar-refractivity contribution < 1.29 is 4.39 Å². The first-order valence-corrected chi connectivity index (χ1v) is 6.26. The maximum Gasteiger partial charge on any atom is 0.128 e. The molecule has 0 aliphatic rings. The molecule has 0 heterocycles. The van der Waals surface area contributed by atoms with E-state index >= 15 is 0 Å². The highest BCUT2D eigenvalue weighted by Crippen LogP contribution is 2.25. The lowest BCUT2D eigenvalue weighted by molar-refractivity contribution is 0.612. The highest BCUT2D eigenvalue weighted by molar-refractivity contribution is 6.42. The lowest BCUT2D eigenvalue weighted by Gasteiger charge is -2.09. The van der Waals surface area contributed by atoms with Gasteiger partial charge >= 0.3 is 0 Å². The van der Waals surface area contributed by atoms with Crippen molar-refractivity contribution in [3.63, 3.8) is 0 Å². The lowest BCUT2D eigenvalue weighted by atomic mass is 10.1. The number of hydrogen-bond donors (Lipinski definition) is 1. The van der Waals surface area contributed by atoms with Gasteiger partial charge in [-0.15, -0.1) is 0 Å². The van der Waals surface area contributed by atoms with Gasteiger partial charge < -0.3 is 5.32 Å². The molecule has 0 aliphatic carbocycles. The Balaban J connectivity index is 2.11. The molecule has 0 fully saturated rings. The average molecular weight is 284 g/mol. The molecule has 94 valence electrons. The normalized spacial score (nSPS) is 10.4. The number of hydrogen-bond acceptors (Lipinski definition) is 1. The van der Waals surface area contributed by atoms with Gasteiger partial charge in [-0.1, -0.05) is 40.9 Å². The van der Waals surface area contributed by atoms with Crippen LogP contribution in [-0.4, -0.2) is 0 Å². The molecule has 2 rings (SSSR count). The Morgan fingerprint density at radius 1 is 1.06 bits per heavy atom. The fourth-order valence-electron chi connectivity index (χ4n) is 1.64. The van der Waals surface area contributed by atoms with Gasteiger partial charge in [-0.3, -0.25) is 0 Å². The smallest absolute Gasteiger partial charge is 0.128 e. The monoisotopic (exact) mass is 283 g/mol. The molecule has 0 radical (unpaired) electrons. The van der Waals surface area contributed by atoms with Gasteiger partial charge in [0.05, 0.1) is 10.0 Å². The van der Waals surface area contributed by atoms with Crippen molar-refractivity contribution in [2.45, 2.75) is 13.5 Å². The van der Waals surface area contributed by atoms with Gasteiger partial charge in [-0.05, 0) is 31.2 Å². The van der Waals surface area contributed by atoms with Gasteiger partial charge in [-0.25, -0.2) is 4.39 Å². The molecule has 0 unspecified atom stereocenters. The Hall–Kier alpha value is -1.25. The first kappa shape index (κ1) is 13.2. The van der Waals surface area contributed by atoms with E-state index in [1.165, 1.54) is 6.07 Å². The molecular formula is C14H12Cl2FN. The van der Waals surface area contributed by atoms with E-state index in [4.69, 9.17) is 23.2 Å². The predicted molar refractivity (Wildman–Crippen MR) is 74.9 cm³/mol. The summed E-state index contributed by atoms with van der Waals surface area (Å²) in [5, 5.41) is 4.10. The number of rotatable bonds is 3. The van der Waals surface area contributed by atoms with Crippen LogP contribution >= 0.6 is 23.2 Å². The fraction of sp³-hybridized carbons (Fsp3) is 0.143. The number of anilines is 1. The van der Waals surface area contributed by atoms with Gasteiger partial charge in [0.1, 0.15) is 5.82 Å². The van der Waals surface area contributed by atoms with Crippen LogP contribution in [0, 0.1) is 12.7 Å². The summed E-state index contributed by atoms with van der Waals surface area (Å²) >= 11 is 11.7. The molecule has 0 saturated heterocycles. The van der Waals surface area contributed by atoms with E-state index in [1.54, 1.807) is 18.2 Å². The van der Waals surface area contributed by atoms with Gasteiger partial charge in [0.2, 0.25) is 0 Å². The maximum absolute atomic E-state index is 13.5. The van der Waals surface area contributed by atoms with Crippen molar-refractivity contribution >= 4 is 28.9 Å². The third kappa shape index (κ3) is 3.15. The third-order valence-electron chi connectivity index (χ3n) is 2.60. The van der Waals surface area contributed by atoms with E-state index < -0.39 is 0 Å². The van der Waals surface area contributed by atoms with E-state index in [0.717, 1.165) is 11.3 Å². The van der Waals surface area contributed by atoms with E-state index in [9.17, 15) is 4.39 Å². The molecule has 0 atom stereocenters. The average Bonchev–Trinajstić information content (AvgIpc) is 2.34. The van der Waals surface area contributed by atoms with E-state index in [1.807, 2.05) is 19.1 Å². The summed E-state index contributed by atoms with van der Waals surface area (Å²) in [5.74, 6) is -0.215. The quantitative estimate of drug-likeness (QED) is 0.831. The van der Waals surface area contributed by atoms with E-state index in [2.05, 4.69) is 5.32 Å². The highest BCUT2D eigenvalue weighted by atomic mass is 35.5. The zero-order chi connectivity index (χ0) is 13.1. The lowest BCUT2D eigenvalue weighted by Crippen LogP contribution is -2.02. The van der Waals surface area contributed by atoms with Crippen molar-refractivity contribution in [2.75, 3.05) is 5.32 Å². The summed E-state index contributed by atoms with van der Waals surface area (Å²) in [6.45, 7) is 2.34. The van der Waals surface area contributed by atoms with Crippen LogP contribution in [0.4, 0.5) is 10.1 Å². The zero-order valence-corrected chi connectivity index (χ0v) is 11.3. The summed E-state index contributed by atoms with van der Waals surface area (Å²) in [4.78, 5) is 0. The van der Waals surface area contributed by atoms with Crippen molar-refractivity contribution in [1.29, 1.82) is 0 Å². The highest BCUT2D eigenvalue weighted by Gasteiger charge is 2.03. The minimum atomic E-state index is -0.215. The van der Waals surface area contributed by atoms with Crippen molar-refractivity contribution in [3.05, 3.63) is 63.4 Å². The van der Waals surface area contributed by atoms with Crippen molar-refractivity contribution in [3.8, 4) is 0 Å². The summed E-state index contributed by atoms with van der Waals surface area (Å²) in [5.41, 5.74) is 2.47. The molecule has 1 nitrogen and oxygen atoms in total. The Bertz CT molecular complexity index is 570. The van der Waals surface area contributed by atoms with Crippen LogP contribution in [-0.2, 0) is 6.54 Å². The molecule has 0 bridgehead atoms. The SMILES string of the molecule is Cc1ccc(F)c(CNc2ccc(Cl)c(Cl)c2)c1. The Morgan fingerprint density at radius 3 is 2.56 bits per heavy atom. The summed E-state index contributed by atoms with van der Waals surface area (Å²) in [7, 11) is 0. The number of aryl methyl sites for hydroxylation is 1. The molecular weight excluding hydrogens is 272 g/mol. The first-order valence-electron chi connectivity index (χ1n) is 5.50. The second kappa shape index (κ2) is 5.59. The predicted octanol–water partition coefficient (Wildman–Crippen LogP) is 5.05. The summed E-state index contributed by atoms with van der Waals surface area (Å²) in [6, 6.07) is 10.3. The number of benzene rings is 2. The topological polar surface area (TPSA) is 12.0 Å². The van der Waals surface area contributed by atoms with Crippen LogP contribution in [0.2, 0.25) is 10.0 Å². The van der Waals surface area contributed by atoms with E-state index in [0.29, 0.717) is 22.2 Å². The minimum Gasteiger partial charge on any atom is -0.381 e. The molecule has 18 heavy (non-hydrogen) atoms. The molecule has 0 amide bonds. The van der Waals surface area contributed by atoms with Gasteiger partial charge in [0.25, 0.3) is 0 Å². The first-order chi connectivity index (χ1) is 8.56. The summed E-state index contributed by atoms with van der Waals surface area (Å²) in [6.07, 6.45) is 0. The number of nitrogens with one attached hydrogen (secondary N) is 1. The van der Waals surface area contributed by atoms with Crippen LogP contribution in [0.1, 0.15) is 11.1 Å². The zero-order valence-electron chi connectivity index (χ0n) is 9.81. The molecule has 0 saturated carbocycles. The molecule has 0 spiro atoms. The van der Waals surface area contributed by atoms with Gasteiger partial charge in [0, 0.05) is 17.8 Å². The minimum absolute atomic E-state index is 0.215. The molecule has 2 aromatic carbocycles. The number of halogens is 3. The summed E-state index contributed by atoms with van der Waals surface area (Å²) < 4.78 is 13.5. The van der Waals surface area contributed by atoms with Gasteiger partial charge in [-0.2, -0.15) is 0 Å². The Labute approximate surface area is 116 Å². The Kier molecular flexibility index (Phi) is 4.10. The van der Waals surface area contributed by atoms with Crippen molar-refractivity contribution in [1.82, 2.24) is 0 Å². The van der Waals surface area contributed by atoms with Crippen LogP contribution in [0.15, 0.2) is 36.4 Å². The second-order valence-corrected chi connectivity index (χ2v) is 4.89. The largest absolute Gasteiger partial charge is 0.381 e. The van der Waals surface area contributed by atoms with Gasteiger partial charge in [0.15, 0.2) is 0 Å². The maximum atomic E-state index is 13.5. The standard InChI is InChI=1S/C14H12Cl2FN/c1-9-2-5-14(17)10(6-9)8-18-11-3-4-12(15)13(16)7-11/h2-7,18H,8H2,1H3. The van der Waals surface area contributed by atoms with Crippen LogP contribution in [0.5, 0.6) is 0 Å². The van der Waals surface area contributed by atoms with Crippen LogP contribution < -0.4 is 5.32 Å². The molecule has 1 N–H and O–H groups in total. The second-order valence-electron chi connectivity index (χ2n) is 4.08. The molecule has 4 heteroatoms. The third-order valence-corrected chi connectivity index (χ3v) is 3.34. The van der Waals surface area contributed by atoms with Crippen molar-refractivity contribution in [2.24, 2.45) is 0 Å². The van der Waals surface area contributed by atoms with Crippen LogP contribution in [0.3, 0.4) is 0 Å². The van der Waals surface area contributed by atoms with E-state index in [-0.39, 0.29) is 5.82 Å². The Morgan fingerprint density at radius 2 is 1.83 bits per heavy atom. The molecule has 2 aromatic rings. The molecule has 0 aliphatic heterocycles. The van der Waals surface area contributed by atoms with Crippen LogP contribution in [0.25, 0.3) is 0 Å².